The Labute approximate surface area is 113 Å². The van der Waals surface area contributed by atoms with E-state index in [9.17, 15) is 9.59 Å². The van der Waals surface area contributed by atoms with Gasteiger partial charge < -0.3 is 20.4 Å². The van der Waals surface area contributed by atoms with Gasteiger partial charge in [-0.3, -0.25) is 0 Å². The third-order valence-corrected chi connectivity index (χ3v) is 3.79. The summed E-state index contributed by atoms with van der Waals surface area (Å²) in [6, 6.07) is -1.64. The van der Waals surface area contributed by atoms with Gasteiger partial charge >= 0.3 is 12.0 Å². The topological polar surface area (TPSA) is 89.9 Å². The summed E-state index contributed by atoms with van der Waals surface area (Å²) in [5.74, 6) is -0.648. The fraction of sp³-hybridized carbons (Fsp3) is 0.846. The summed E-state index contributed by atoms with van der Waals surface area (Å²) in [5.41, 5.74) is 0.233. The lowest BCUT2D eigenvalue weighted by Crippen LogP contribution is -2.52. The predicted octanol–water partition coefficient (Wildman–Crippen LogP) is 0.900. The number of hydrogen-bond acceptors (Lipinski definition) is 3. The highest BCUT2D eigenvalue weighted by atomic mass is 16.4. The van der Waals surface area contributed by atoms with Crippen molar-refractivity contribution < 1.29 is 19.8 Å². The summed E-state index contributed by atoms with van der Waals surface area (Å²) in [6.07, 6.45) is 1.85. The second-order valence-electron chi connectivity index (χ2n) is 6.15. The Kier molecular flexibility index (Phi) is 5.17. The molecule has 0 aromatic heterocycles. The van der Waals surface area contributed by atoms with Crippen LogP contribution in [0.2, 0.25) is 0 Å². The predicted molar refractivity (Wildman–Crippen MR) is 70.8 cm³/mol. The molecule has 1 rings (SSSR count). The second kappa shape index (κ2) is 6.23. The molecular weight excluding hydrogens is 248 g/mol. The van der Waals surface area contributed by atoms with Crippen LogP contribution in [-0.4, -0.2) is 52.9 Å². The number of carbonyl (C=O) groups is 2. The van der Waals surface area contributed by atoms with Gasteiger partial charge in [-0.2, -0.15) is 0 Å². The van der Waals surface area contributed by atoms with Crippen molar-refractivity contribution >= 4 is 12.0 Å². The first-order valence-corrected chi connectivity index (χ1v) is 6.64. The molecule has 3 N–H and O–H groups in total. The largest absolute Gasteiger partial charge is 0.480 e. The lowest BCUT2D eigenvalue weighted by Gasteiger charge is -2.38. The van der Waals surface area contributed by atoms with E-state index >= 15 is 0 Å². The van der Waals surface area contributed by atoms with Crippen LogP contribution in [0.15, 0.2) is 0 Å². The van der Waals surface area contributed by atoms with Crippen molar-refractivity contribution in [3.63, 3.8) is 0 Å². The zero-order valence-corrected chi connectivity index (χ0v) is 11.8. The summed E-state index contributed by atoms with van der Waals surface area (Å²) in [6.45, 7) is 7.25. The average molecular weight is 272 g/mol. The molecule has 6 nitrogen and oxygen atoms in total. The number of aliphatic hydroxyl groups excluding tert-OH is 1. The molecule has 110 valence electrons. The normalized spacial score (nSPS) is 19.1. The van der Waals surface area contributed by atoms with E-state index in [2.05, 4.69) is 26.1 Å². The van der Waals surface area contributed by atoms with Crippen molar-refractivity contribution in [3.05, 3.63) is 0 Å². The monoisotopic (exact) mass is 272 g/mol. The van der Waals surface area contributed by atoms with Crippen LogP contribution in [0.25, 0.3) is 0 Å². The van der Waals surface area contributed by atoms with Gasteiger partial charge in [-0.15, -0.1) is 0 Å². The van der Waals surface area contributed by atoms with Crippen LogP contribution in [0.4, 0.5) is 4.79 Å². The van der Waals surface area contributed by atoms with E-state index in [0.29, 0.717) is 19.0 Å². The Morgan fingerprint density at radius 3 is 2.21 bits per heavy atom. The van der Waals surface area contributed by atoms with E-state index in [1.165, 1.54) is 0 Å². The van der Waals surface area contributed by atoms with Gasteiger partial charge in [0.1, 0.15) is 0 Å². The molecule has 6 heteroatoms. The van der Waals surface area contributed by atoms with Crippen molar-refractivity contribution in [3.8, 4) is 0 Å². The van der Waals surface area contributed by atoms with Gasteiger partial charge in [0.2, 0.25) is 0 Å². The molecule has 0 saturated carbocycles. The molecule has 0 aromatic carbocycles. The Bertz CT molecular complexity index is 330. The third-order valence-electron chi connectivity index (χ3n) is 3.79. The fourth-order valence-electron chi connectivity index (χ4n) is 2.37. The van der Waals surface area contributed by atoms with Gasteiger partial charge in [-0.05, 0) is 24.2 Å². The van der Waals surface area contributed by atoms with Crippen molar-refractivity contribution in [2.45, 2.75) is 39.7 Å². The first-order valence-electron chi connectivity index (χ1n) is 6.64. The summed E-state index contributed by atoms with van der Waals surface area (Å²) >= 11 is 0. The minimum Gasteiger partial charge on any atom is -0.480 e. The minimum absolute atomic E-state index is 0.233. The number of amides is 2. The highest BCUT2D eigenvalue weighted by Gasteiger charge is 2.31. The smallest absolute Gasteiger partial charge is 0.328 e. The standard InChI is InChI=1S/C13H24N2O4/c1-13(2,3)9-4-6-15(7-5-9)12(19)14-10(8-16)11(17)18/h9-10,16H,4-8H2,1-3H3,(H,14,19)(H,17,18)/t10-/m0/s1. The Morgan fingerprint density at radius 2 is 1.84 bits per heavy atom. The average Bonchev–Trinajstić information content (AvgIpc) is 2.34. The van der Waals surface area contributed by atoms with Crippen molar-refractivity contribution in [1.82, 2.24) is 10.2 Å². The SMILES string of the molecule is CC(C)(C)C1CCN(C(=O)N[C@@H](CO)C(=O)O)CC1. The number of urea groups is 1. The molecule has 1 atom stereocenters. The number of piperidine rings is 1. The molecule has 1 heterocycles. The van der Waals surface area contributed by atoms with Gasteiger partial charge in [-0.1, -0.05) is 20.8 Å². The number of likely N-dealkylation sites (tertiary alicyclic amines) is 1. The first-order chi connectivity index (χ1) is 8.75. The van der Waals surface area contributed by atoms with Crippen molar-refractivity contribution in [1.29, 1.82) is 0 Å². The molecule has 1 fully saturated rings. The molecule has 1 saturated heterocycles. The molecular formula is C13H24N2O4. The lowest BCUT2D eigenvalue weighted by atomic mass is 9.75. The Hall–Kier alpha value is -1.30. The number of rotatable bonds is 3. The number of carbonyl (C=O) groups excluding carboxylic acids is 1. The Morgan fingerprint density at radius 1 is 1.32 bits per heavy atom. The number of aliphatic hydroxyl groups is 1. The molecule has 0 unspecified atom stereocenters. The molecule has 0 radical (unpaired) electrons. The zero-order chi connectivity index (χ0) is 14.6. The number of nitrogens with zero attached hydrogens (tertiary/aromatic N) is 1. The molecule has 19 heavy (non-hydrogen) atoms. The number of hydrogen-bond donors (Lipinski definition) is 3. The Balaban J connectivity index is 2.47. The number of aliphatic carboxylic acids is 1. The third kappa shape index (κ3) is 4.38. The molecule has 0 aliphatic carbocycles. The van der Waals surface area contributed by atoms with E-state index in [1.54, 1.807) is 4.90 Å². The van der Waals surface area contributed by atoms with Gasteiger partial charge in [0.25, 0.3) is 0 Å². The zero-order valence-electron chi connectivity index (χ0n) is 11.8. The molecule has 0 aromatic rings. The van der Waals surface area contributed by atoms with E-state index in [0.717, 1.165) is 12.8 Å². The van der Waals surface area contributed by atoms with Gasteiger partial charge in [0.05, 0.1) is 6.61 Å². The highest BCUT2D eigenvalue weighted by Crippen LogP contribution is 2.34. The number of nitrogens with one attached hydrogen (secondary N) is 1. The van der Waals surface area contributed by atoms with Crippen molar-refractivity contribution in [2.24, 2.45) is 11.3 Å². The lowest BCUT2D eigenvalue weighted by molar-refractivity contribution is -0.140. The molecule has 1 aliphatic rings. The molecule has 0 spiro atoms. The van der Waals surface area contributed by atoms with Crippen molar-refractivity contribution in [2.75, 3.05) is 19.7 Å². The van der Waals surface area contributed by atoms with Crippen LogP contribution in [0, 0.1) is 11.3 Å². The van der Waals surface area contributed by atoms with E-state index < -0.39 is 24.6 Å². The van der Waals surface area contributed by atoms with Gasteiger partial charge in [0.15, 0.2) is 6.04 Å². The van der Waals surface area contributed by atoms with Crippen LogP contribution in [0.3, 0.4) is 0 Å². The number of carboxylic acids is 1. The maximum Gasteiger partial charge on any atom is 0.328 e. The minimum atomic E-state index is -1.23. The second-order valence-corrected chi connectivity index (χ2v) is 6.15. The molecule has 1 aliphatic heterocycles. The summed E-state index contributed by atoms with van der Waals surface area (Å²) in [5, 5.41) is 20.0. The molecule has 0 bridgehead atoms. The van der Waals surface area contributed by atoms with Crippen LogP contribution in [0.1, 0.15) is 33.6 Å². The quantitative estimate of drug-likeness (QED) is 0.712. The first kappa shape index (κ1) is 15.8. The summed E-state index contributed by atoms with van der Waals surface area (Å²) in [7, 11) is 0. The van der Waals surface area contributed by atoms with Gasteiger partial charge in [-0.25, -0.2) is 9.59 Å². The van der Waals surface area contributed by atoms with E-state index in [-0.39, 0.29) is 5.41 Å². The van der Waals surface area contributed by atoms with Crippen LogP contribution < -0.4 is 5.32 Å². The summed E-state index contributed by atoms with van der Waals surface area (Å²) in [4.78, 5) is 24.2. The van der Waals surface area contributed by atoms with Crippen LogP contribution >= 0.6 is 0 Å². The van der Waals surface area contributed by atoms with Crippen LogP contribution in [0.5, 0.6) is 0 Å². The van der Waals surface area contributed by atoms with E-state index in [1.807, 2.05) is 0 Å². The maximum absolute atomic E-state index is 11.9. The van der Waals surface area contributed by atoms with E-state index in [4.69, 9.17) is 10.2 Å². The highest BCUT2D eigenvalue weighted by molar-refractivity contribution is 5.82. The van der Waals surface area contributed by atoms with Gasteiger partial charge in [0, 0.05) is 13.1 Å². The summed E-state index contributed by atoms with van der Waals surface area (Å²) < 4.78 is 0. The maximum atomic E-state index is 11.9. The number of carboxylic acid groups (broad SMARTS) is 1. The fourth-order valence-corrected chi connectivity index (χ4v) is 2.37. The molecule has 2 amide bonds. The van der Waals surface area contributed by atoms with Crippen LogP contribution in [-0.2, 0) is 4.79 Å².